The molecule has 2 rings (SSSR count). The molecule has 0 saturated heterocycles. The molecular weight excluding hydrogens is 238 g/mol. The van der Waals surface area contributed by atoms with E-state index in [1.54, 1.807) is 6.20 Å². The molecule has 1 heterocycles. The second-order valence-corrected chi connectivity index (χ2v) is 4.51. The summed E-state index contributed by atoms with van der Waals surface area (Å²) in [6.07, 6.45) is 1.76. The molecule has 1 N–H and O–H groups in total. The summed E-state index contributed by atoms with van der Waals surface area (Å²) in [7, 11) is 5.92. The lowest BCUT2D eigenvalue weighted by Crippen LogP contribution is -2.08. The van der Waals surface area contributed by atoms with Gasteiger partial charge in [-0.2, -0.15) is 0 Å². The van der Waals surface area contributed by atoms with E-state index < -0.39 is 0 Å². The van der Waals surface area contributed by atoms with E-state index in [9.17, 15) is 0 Å². The lowest BCUT2D eigenvalue weighted by Gasteiger charge is -2.14. The molecule has 0 fully saturated rings. The summed E-state index contributed by atoms with van der Waals surface area (Å²) in [4.78, 5) is 6.31. The third kappa shape index (κ3) is 3.69. The van der Waals surface area contributed by atoms with Crippen molar-refractivity contribution in [1.82, 2.24) is 10.3 Å². The van der Waals surface area contributed by atoms with Crippen LogP contribution in [0.3, 0.4) is 0 Å². The highest BCUT2D eigenvalue weighted by molar-refractivity contribution is 5.50. The van der Waals surface area contributed by atoms with Crippen molar-refractivity contribution in [2.75, 3.05) is 26.0 Å². The van der Waals surface area contributed by atoms with Crippen LogP contribution in [-0.4, -0.2) is 26.1 Å². The van der Waals surface area contributed by atoms with Gasteiger partial charge in [-0.1, -0.05) is 6.07 Å². The van der Waals surface area contributed by atoms with Crippen LogP contribution in [0.1, 0.15) is 5.69 Å². The Balaban J connectivity index is 2.16. The first kappa shape index (κ1) is 13.4. The van der Waals surface area contributed by atoms with Gasteiger partial charge >= 0.3 is 0 Å². The van der Waals surface area contributed by atoms with Crippen molar-refractivity contribution in [3.05, 3.63) is 48.3 Å². The monoisotopic (exact) mass is 257 g/mol. The number of anilines is 1. The van der Waals surface area contributed by atoms with Crippen LogP contribution in [0.15, 0.2) is 42.6 Å². The molecule has 0 spiro atoms. The Morgan fingerprint density at radius 1 is 1.16 bits per heavy atom. The molecule has 1 aromatic heterocycles. The van der Waals surface area contributed by atoms with Crippen LogP contribution >= 0.6 is 0 Å². The number of rotatable bonds is 5. The fourth-order valence-electron chi connectivity index (χ4n) is 1.76. The molecule has 4 heteroatoms. The number of benzene rings is 1. The summed E-state index contributed by atoms with van der Waals surface area (Å²) in [5, 5.41) is 3.07. The van der Waals surface area contributed by atoms with Crippen molar-refractivity contribution in [1.29, 1.82) is 0 Å². The first-order chi connectivity index (χ1) is 9.19. The standard InChI is InChI=1S/C15H19N3O/c1-16-11-12-9-15(7-8-17-12)19-14-6-4-5-13(10-14)18(2)3/h4-10,16H,11H2,1-3H3. The van der Waals surface area contributed by atoms with Gasteiger partial charge in [0.1, 0.15) is 11.5 Å². The Morgan fingerprint density at radius 2 is 1.95 bits per heavy atom. The number of nitrogens with zero attached hydrogens (tertiary/aromatic N) is 2. The second-order valence-electron chi connectivity index (χ2n) is 4.51. The van der Waals surface area contributed by atoms with Gasteiger partial charge in [-0.25, -0.2) is 0 Å². The molecule has 0 amide bonds. The Labute approximate surface area is 114 Å². The SMILES string of the molecule is CNCc1cc(Oc2cccc(N(C)C)c2)ccn1. The maximum Gasteiger partial charge on any atom is 0.130 e. The molecule has 0 bridgehead atoms. The zero-order chi connectivity index (χ0) is 13.7. The van der Waals surface area contributed by atoms with Crippen LogP contribution in [0, 0.1) is 0 Å². The number of hydrogen-bond donors (Lipinski definition) is 1. The van der Waals surface area contributed by atoms with Crippen LogP contribution in [0.5, 0.6) is 11.5 Å². The largest absolute Gasteiger partial charge is 0.457 e. The van der Waals surface area contributed by atoms with E-state index in [1.165, 1.54) is 0 Å². The number of aromatic nitrogens is 1. The van der Waals surface area contributed by atoms with E-state index in [0.717, 1.165) is 29.4 Å². The smallest absolute Gasteiger partial charge is 0.130 e. The van der Waals surface area contributed by atoms with E-state index in [-0.39, 0.29) is 0 Å². The molecule has 100 valence electrons. The van der Waals surface area contributed by atoms with Gasteiger partial charge in [0.2, 0.25) is 0 Å². The Bertz CT molecular complexity index is 540. The maximum absolute atomic E-state index is 5.86. The molecular formula is C15H19N3O. The lowest BCUT2D eigenvalue weighted by molar-refractivity contribution is 0.480. The highest BCUT2D eigenvalue weighted by Crippen LogP contribution is 2.25. The summed E-state index contributed by atoms with van der Waals surface area (Å²) >= 11 is 0. The Morgan fingerprint density at radius 3 is 2.68 bits per heavy atom. The van der Waals surface area contributed by atoms with Crippen molar-refractivity contribution >= 4 is 5.69 Å². The van der Waals surface area contributed by atoms with Gasteiger partial charge in [0.25, 0.3) is 0 Å². The van der Waals surface area contributed by atoms with E-state index in [4.69, 9.17) is 4.74 Å². The minimum Gasteiger partial charge on any atom is -0.457 e. The molecule has 1 aromatic carbocycles. The Kier molecular flexibility index (Phi) is 4.36. The van der Waals surface area contributed by atoms with E-state index in [2.05, 4.69) is 10.3 Å². The van der Waals surface area contributed by atoms with Crippen LogP contribution in [0.4, 0.5) is 5.69 Å². The third-order valence-corrected chi connectivity index (χ3v) is 2.72. The molecule has 0 aliphatic carbocycles. The van der Waals surface area contributed by atoms with Gasteiger partial charge in [0.05, 0.1) is 5.69 Å². The molecule has 0 aliphatic heterocycles. The van der Waals surface area contributed by atoms with Gasteiger partial charge in [-0.05, 0) is 25.2 Å². The summed E-state index contributed by atoms with van der Waals surface area (Å²) in [6.45, 7) is 0.731. The fraction of sp³-hybridized carbons (Fsp3) is 0.267. The van der Waals surface area contributed by atoms with Gasteiger partial charge in [0.15, 0.2) is 0 Å². The average Bonchev–Trinajstić information content (AvgIpc) is 2.40. The number of pyridine rings is 1. The Hall–Kier alpha value is -2.07. The van der Waals surface area contributed by atoms with Crippen LogP contribution < -0.4 is 15.0 Å². The fourth-order valence-corrected chi connectivity index (χ4v) is 1.76. The quantitative estimate of drug-likeness (QED) is 0.893. The zero-order valence-corrected chi connectivity index (χ0v) is 11.6. The van der Waals surface area contributed by atoms with Gasteiger partial charge in [-0.3, -0.25) is 4.98 Å². The lowest BCUT2D eigenvalue weighted by atomic mass is 10.3. The highest BCUT2D eigenvalue weighted by Gasteiger charge is 2.02. The summed E-state index contributed by atoms with van der Waals surface area (Å²) < 4.78 is 5.86. The minimum absolute atomic E-state index is 0.731. The van der Waals surface area contributed by atoms with E-state index in [1.807, 2.05) is 62.4 Å². The third-order valence-electron chi connectivity index (χ3n) is 2.72. The summed E-state index contributed by atoms with van der Waals surface area (Å²) in [6, 6.07) is 11.8. The predicted molar refractivity (Wildman–Crippen MR) is 77.8 cm³/mol. The first-order valence-corrected chi connectivity index (χ1v) is 6.24. The minimum atomic E-state index is 0.731. The number of nitrogens with one attached hydrogen (secondary N) is 1. The normalized spacial score (nSPS) is 10.3. The van der Waals surface area contributed by atoms with E-state index in [0.29, 0.717) is 0 Å². The van der Waals surface area contributed by atoms with Crippen molar-refractivity contribution in [3.8, 4) is 11.5 Å². The second kappa shape index (κ2) is 6.20. The van der Waals surface area contributed by atoms with Crippen molar-refractivity contribution in [2.45, 2.75) is 6.54 Å². The molecule has 0 aliphatic rings. The van der Waals surface area contributed by atoms with Gasteiger partial charge in [-0.15, -0.1) is 0 Å². The summed E-state index contributed by atoms with van der Waals surface area (Å²) in [5.74, 6) is 1.63. The van der Waals surface area contributed by atoms with Gasteiger partial charge < -0.3 is 15.0 Å². The highest BCUT2D eigenvalue weighted by atomic mass is 16.5. The molecule has 0 atom stereocenters. The predicted octanol–water partition coefficient (Wildman–Crippen LogP) is 2.66. The van der Waals surface area contributed by atoms with Crippen molar-refractivity contribution in [3.63, 3.8) is 0 Å². The molecule has 0 unspecified atom stereocenters. The maximum atomic E-state index is 5.86. The average molecular weight is 257 g/mol. The van der Waals surface area contributed by atoms with Crippen molar-refractivity contribution < 1.29 is 4.74 Å². The zero-order valence-electron chi connectivity index (χ0n) is 11.6. The summed E-state index contributed by atoms with van der Waals surface area (Å²) in [5.41, 5.74) is 2.07. The molecule has 2 aromatic rings. The number of ether oxygens (including phenoxy) is 1. The van der Waals surface area contributed by atoms with E-state index >= 15 is 0 Å². The molecule has 0 radical (unpaired) electrons. The van der Waals surface area contributed by atoms with Gasteiger partial charge in [0, 0.05) is 44.7 Å². The van der Waals surface area contributed by atoms with Crippen LogP contribution in [0.25, 0.3) is 0 Å². The number of hydrogen-bond acceptors (Lipinski definition) is 4. The van der Waals surface area contributed by atoms with Crippen LogP contribution in [-0.2, 0) is 6.54 Å². The van der Waals surface area contributed by atoms with Crippen LogP contribution in [0.2, 0.25) is 0 Å². The molecule has 0 saturated carbocycles. The molecule has 19 heavy (non-hydrogen) atoms. The molecule has 4 nitrogen and oxygen atoms in total. The topological polar surface area (TPSA) is 37.4 Å². The van der Waals surface area contributed by atoms with Crippen molar-refractivity contribution in [2.24, 2.45) is 0 Å². The first-order valence-electron chi connectivity index (χ1n) is 6.24.